The number of hydrogen-bond donors (Lipinski definition) is 1. The Kier molecular flexibility index (Phi) is 7.00. The van der Waals surface area contributed by atoms with E-state index >= 15 is 0 Å². The van der Waals surface area contributed by atoms with Crippen LogP contribution in [0.15, 0.2) is 53.4 Å². The number of rotatable bonds is 8. The number of aryl methyl sites for hydroxylation is 1. The van der Waals surface area contributed by atoms with Crippen molar-refractivity contribution in [3.63, 3.8) is 0 Å². The number of non-ortho nitro benzene ring substituents is 1. The Morgan fingerprint density at radius 2 is 1.79 bits per heavy atom. The zero-order chi connectivity index (χ0) is 20.9. The summed E-state index contributed by atoms with van der Waals surface area (Å²) < 4.78 is 28.6. The first-order chi connectivity index (χ1) is 13.9. The summed E-state index contributed by atoms with van der Waals surface area (Å²) in [6.07, 6.45) is 2.70. The highest BCUT2D eigenvalue weighted by atomic mass is 32.2. The summed E-state index contributed by atoms with van der Waals surface area (Å²) in [7, 11) is -3.66. The van der Waals surface area contributed by atoms with Gasteiger partial charge in [-0.05, 0) is 62.0 Å². The summed E-state index contributed by atoms with van der Waals surface area (Å²) in [5.74, 6) is 0. The van der Waals surface area contributed by atoms with E-state index < -0.39 is 14.9 Å². The number of nitro groups is 1. The summed E-state index contributed by atoms with van der Waals surface area (Å²) in [5, 5.41) is 14.3. The van der Waals surface area contributed by atoms with Gasteiger partial charge in [-0.15, -0.1) is 0 Å². The van der Waals surface area contributed by atoms with Crippen molar-refractivity contribution in [3.05, 3.63) is 69.8 Å². The molecule has 0 bridgehead atoms. The predicted molar refractivity (Wildman–Crippen MR) is 112 cm³/mol. The summed E-state index contributed by atoms with van der Waals surface area (Å²) >= 11 is 0. The minimum absolute atomic E-state index is 0.0226. The lowest BCUT2D eigenvalue weighted by molar-refractivity contribution is -0.384. The number of sulfonamides is 1. The summed E-state index contributed by atoms with van der Waals surface area (Å²) in [4.78, 5) is 10.9. The standard InChI is InChI=1S/C21H27N3O4S/c1-2-17-5-4-8-21(16-17)29(27,28)23(19-9-12-22-13-10-19)14-11-18-6-3-7-20(15-18)24(25)26/h3-8,15-16,19,22H,2,9-14H2,1H3. The minimum atomic E-state index is -3.66. The fourth-order valence-corrected chi connectivity index (χ4v) is 5.48. The lowest BCUT2D eigenvalue weighted by Gasteiger charge is -2.34. The third-order valence-electron chi connectivity index (χ3n) is 5.37. The van der Waals surface area contributed by atoms with Gasteiger partial charge in [0.15, 0.2) is 0 Å². The van der Waals surface area contributed by atoms with Crippen molar-refractivity contribution in [2.24, 2.45) is 0 Å². The van der Waals surface area contributed by atoms with Gasteiger partial charge in [0.05, 0.1) is 9.82 Å². The van der Waals surface area contributed by atoms with Gasteiger partial charge < -0.3 is 5.32 Å². The number of nitrogens with zero attached hydrogens (tertiary/aromatic N) is 2. The van der Waals surface area contributed by atoms with Gasteiger partial charge in [-0.2, -0.15) is 4.31 Å². The van der Waals surface area contributed by atoms with Gasteiger partial charge in [-0.25, -0.2) is 8.42 Å². The molecule has 1 heterocycles. The SMILES string of the molecule is CCc1cccc(S(=O)(=O)N(CCc2cccc([N+](=O)[O-])c2)C2CCNCC2)c1. The van der Waals surface area contributed by atoms with Gasteiger partial charge in [0.1, 0.15) is 0 Å². The van der Waals surface area contributed by atoms with E-state index in [9.17, 15) is 18.5 Å². The lowest BCUT2D eigenvalue weighted by Crippen LogP contribution is -2.46. The highest BCUT2D eigenvalue weighted by Crippen LogP contribution is 2.24. The average molecular weight is 418 g/mol. The summed E-state index contributed by atoms with van der Waals surface area (Å²) in [5.41, 5.74) is 1.76. The highest BCUT2D eigenvalue weighted by Gasteiger charge is 2.32. The van der Waals surface area contributed by atoms with E-state index in [1.54, 1.807) is 34.6 Å². The number of nitro benzene ring substituents is 1. The average Bonchev–Trinajstić information content (AvgIpc) is 2.74. The predicted octanol–water partition coefficient (Wildman–Crippen LogP) is 3.14. The molecule has 1 N–H and O–H groups in total. The second-order valence-electron chi connectivity index (χ2n) is 7.27. The Morgan fingerprint density at radius 3 is 2.48 bits per heavy atom. The molecule has 0 aromatic heterocycles. The highest BCUT2D eigenvalue weighted by molar-refractivity contribution is 7.89. The first kappa shape index (κ1) is 21.4. The molecule has 7 nitrogen and oxygen atoms in total. The molecular formula is C21H27N3O4S. The van der Waals surface area contributed by atoms with Crippen LogP contribution in [0.2, 0.25) is 0 Å². The summed E-state index contributed by atoms with van der Waals surface area (Å²) in [6, 6.07) is 13.4. The third-order valence-corrected chi connectivity index (χ3v) is 7.32. The Morgan fingerprint density at radius 1 is 1.10 bits per heavy atom. The molecular weight excluding hydrogens is 390 g/mol. The molecule has 0 saturated carbocycles. The van der Waals surface area contributed by atoms with Crippen molar-refractivity contribution < 1.29 is 13.3 Å². The van der Waals surface area contributed by atoms with Crippen LogP contribution in [0, 0.1) is 10.1 Å². The van der Waals surface area contributed by atoms with Crippen LogP contribution < -0.4 is 5.32 Å². The van der Waals surface area contributed by atoms with E-state index in [4.69, 9.17) is 0 Å². The number of hydrogen-bond acceptors (Lipinski definition) is 5. The van der Waals surface area contributed by atoms with Crippen molar-refractivity contribution >= 4 is 15.7 Å². The van der Waals surface area contributed by atoms with Crippen LogP contribution in [0.5, 0.6) is 0 Å². The zero-order valence-electron chi connectivity index (χ0n) is 16.6. The van der Waals surface area contributed by atoms with Crippen LogP contribution in [0.3, 0.4) is 0 Å². The van der Waals surface area contributed by atoms with Gasteiger partial charge in [-0.3, -0.25) is 10.1 Å². The largest absolute Gasteiger partial charge is 0.317 e. The molecule has 0 amide bonds. The van der Waals surface area contributed by atoms with Gasteiger partial charge in [0.25, 0.3) is 5.69 Å². The van der Waals surface area contributed by atoms with Gasteiger partial charge in [0.2, 0.25) is 10.0 Å². The molecule has 156 valence electrons. The molecule has 2 aromatic carbocycles. The van der Waals surface area contributed by atoms with E-state index in [1.165, 1.54) is 12.1 Å². The fourth-order valence-electron chi connectivity index (χ4n) is 3.72. The van der Waals surface area contributed by atoms with Crippen molar-refractivity contribution in [1.29, 1.82) is 0 Å². The third kappa shape index (κ3) is 5.20. The maximum absolute atomic E-state index is 13.5. The molecule has 0 spiro atoms. The molecule has 0 aliphatic carbocycles. The Hall–Kier alpha value is -2.29. The number of nitrogens with one attached hydrogen (secondary N) is 1. The summed E-state index contributed by atoms with van der Waals surface area (Å²) in [6.45, 7) is 3.86. The second kappa shape index (κ2) is 9.47. The van der Waals surface area contributed by atoms with Crippen LogP contribution in [0.25, 0.3) is 0 Å². The molecule has 0 radical (unpaired) electrons. The van der Waals surface area contributed by atoms with E-state index in [0.717, 1.165) is 43.5 Å². The number of piperidine rings is 1. The van der Waals surface area contributed by atoms with Crippen LogP contribution in [0.1, 0.15) is 30.9 Å². The first-order valence-corrected chi connectivity index (χ1v) is 11.4. The van der Waals surface area contributed by atoms with Gasteiger partial charge in [0, 0.05) is 24.7 Å². The molecule has 1 fully saturated rings. The smallest absolute Gasteiger partial charge is 0.269 e. The molecule has 3 rings (SSSR count). The van der Waals surface area contributed by atoms with E-state index in [2.05, 4.69) is 5.32 Å². The van der Waals surface area contributed by atoms with Gasteiger partial charge in [-0.1, -0.05) is 31.2 Å². The Labute approximate surface area is 171 Å². The van der Waals surface area contributed by atoms with Crippen molar-refractivity contribution in [3.8, 4) is 0 Å². The topological polar surface area (TPSA) is 92.5 Å². The first-order valence-electron chi connectivity index (χ1n) is 9.96. The van der Waals surface area contributed by atoms with Crippen LogP contribution in [0.4, 0.5) is 5.69 Å². The van der Waals surface area contributed by atoms with E-state index in [-0.39, 0.29) is 11.7 Å². The van der Waals surface area contributed by atoms with Crippen LogP contribution >= 0.6 is 0 Å². The molecule has 8 heteroatoms. The normalized spacial score (nSPS) is 15.5. The lowest BCUT2D eigenvalue weighted by atomic mass is 10.1. The molecule has 0 unspecified atom stereocenters. The molecule has 1 aliphatic rings. The van der Waals surface area contributed by atoms with E-state index in [1.807, 2.05) is 13.0 Å². The zero-order valence-corrected chi connectivity index (χ0v) is 17.4. The van der Waals surface area contributed by atoms with Crippen molar-refractivity contribution in [1.82, 2.24) is 9.62 Å². The molecule has 0 atom stereocenters. The molecule has 29 heavy (non-hydrogen) atoms. The maximum Gasteiger partial charge on any atom is 0.269 e. The fraction of sp³-hybridized carbons (Fsp3) is 0.429. The molecule has 2 aromatic rings. The van der Waals surface area contributed by atoms with Crippen molar-refractivity contribution in [2.45, 2.75) is 43.5 Å². The Bertz CT molecular complexity index is 956. The second-order valence-corrected chi connectivity index (χ2v) is 9.17. The van der Waals surface area contributed by atoms with Gasteiger partial charge >= 0.3 is 0 Å². The molecule has 1 aliphatic heterocycles. The Balaban J connectivity index is 1.88. The minimum Gasteiger partial charge on any atom is -0.317 e. The maximum atomic E-state index is 13.5. The van der Waals surface area contributed by atoms with Crippen molar-refractivity contribution in [2.75, 3.05) is 19.6 Å². The molecule has 1 saturated heterocycles. The van der Waals surface area contributed by atoms with Crippen LogP contribution in [-0.4, -0.2) is 43.3 Å². The number of benzene rings is 2. The van der Waals surface area contributed by atoms with E-state index in [0.29, 0.717) is 17.9 Å². The monoisotopic (exact) mass is 417 g/mol. The quantitative estimate of drug-likeness (QED) is 0.526. The van der Waals surface area contributed by atoms with Crippen LogP contribution in [-0.2, 0) is 22.9 Å².